The Balaban J connectivity index is 0.951. The number of nitrogens with one attached hydrogen (secondary N) is 4. The van der Waals surface area contributed by atoms with Crippen molar-refractivity contribution in [1.29, 1.82) is 0 Å². The van der Waals surface area contributed by atoms with Gasteiger partial charge in [0.25, 0.3) is 0 Å². The van der Waals surface area contributed by atoms with E-state index in [0.29, 0.717) is 30.6 Å². The van der Waals surface area contributed by atoms with E-state index in [9.17, 15) is 19.2 Å². The Morgan fingerprint density at radius 1 is 0.900 bits per heavy atom. The number of benzene rings is 1. The molecule has 5 aliphatic rings. The number of carbonyl (C=O) groups is 4. The highest BCUT2D eigenvalue weighted by atomic mass is 31.1. The molecule has 15 heteroatoms. The van der Waals surface area contributed by atoms with Gasteiger partial charge in [0.1, 0.15) is 48.0 Å². The number of aromatic nitrogens is 2. The van der Waals surface area contributed by atoms with Gasteiger partial charge in [-0.3, -0.25) is 14.6 Å². The molecular weight excluding hydrogens is 780 g/mol. The van der Waals surface area contributed by atoms with Crippen molar-refractivity contribution >= 4 is 37.4 Å². The summed E-state index contributed by atoms with van der Waals surface area (Å²) in [5, 5.41) is 8.99. The fourth-order valence-electron chi connectivity index (χ4n) is 9.76. The number of methoxy groups -OCH3 is 2. The van der Waals surface area contributed by atoms with Gasteiger partial charge in [0.2, 0.25) is 11.8 Å². The number of aliphatic imine (C=N–C) groups is 1. The van der Waals surface area contributed by atoms with E-state index in [1.54, 1.807) is 6.20 Å². The van der Waals surface area contributed by atoms with E-state index in [-0.39, 0.29) is 48.7 Å². The summed E-state index contributed by atoms with van der Waals surface area (Å²) in [6, 6.07) is 11.6. The number of H-pyrrole nitrogens is 1. The Bertz CT molecular complexity index is 2080. The maximum atomic E-state index is 13.6. The molecule has 1 aromatic carbocycles. The van der Waals surface area contributed by atoms with E-state index in [2.05, 4.69) is 75.5 Å². The van der Waals surface area contributed by atoms with Crippen LogP contribution in [0.2, 0.25) is 0 Å². The van der Waals surface area contributed by atoms with Crippen molar-refractivity contribution in [2.24, 2.45) is 16.8 Å². The molecule has 4 unspecified atom stereocenters. The number of likely N-dealkylation sites (tertiary alicyclic amines) is 2. The average molecular weight is 840 g/mol. The summed E-state index contributed by atoms with van der Waals surface area (Å²) in [7, 11) is 2.21. The first-order valence-electron chi connectivity index (χ1n) is 21.2. The molecule has 0 radical (unpaired) electrons. The van der Waals surface area contributed by atoms with Crippen LogP contribution >= 0.6 is 7.53 Å². The van der Waals surface area contributed by atoms with Crippen LogP contribution in [0.4, 0.5) is 9.59 Å². The molecule has 2 saturated heterocycles. The summed E-state index contributed by atoms with van der Waals surface area (Å²) in [4.78, 5) is 68.0. The minimum Gasteiger partial charge on any atom is -0.453 e. The fourth-order valence-corrected chi connectivity index (χ4v) is 12.7. The minimum atomic E-state index is -0.689. The van der Waals surface area contributed by atoms with Crippen LogP contribution in [-0.2, 0) is 36.2 Å². The van der Waals surface area contributed by atoms with Crippen LogP contribution in [-0.4, -0.2) is 95.0 Å². The third-order valence-corrected chi connectivity index (χ3v) is 15.5. The topological polar surface area (TPSA) is 170 Å². The van der Waals surface area contributed by atoms with Crippen LogP contribution in [0.1, 0.15) is 95.6 Å². The number of hydrogen-bond acceptors (Lipinski definition) is 8. The van der Waals surface area contributed by atoms with Crippen molar-refractivity contribution in [2.75, 3.05) is 27.3 Å². The van der Waals surface area contributed by atoms with Gasteiger partial charge in [-0.15, -0.1) is 0 Å². The number of ether oxygens (including phenoxy) is 2. The Morgan fingerprint density at radius 2 is 1.48 bits per heavy atom. The van der Waals surface area contributed by atoms with E-state index in [0.717, 1.165) is 48.3 Å². The van der Waals surface area contributed by atoms with Crippen LogP contribution in [0.3, 0.4) is 0 Å². The van der Waals surface area contributed by atoms with Crippen LogP contribution in [0.25, 0.3) is 11.3 Å². The molecule has 2 aromatic heterocycles. The van der Waals surface area contributed by atoms with Gasteiger partial charge < -0.3 is 40.2 Å². The first-order chi connectivity index (χ1) is 28.8. The van der Waals surface area contributed by atoms with Crippen molar-refractivity contribution in [1.82, 2.24) is 35.7 Å². The lowest BCUT2D eigenvalue weighted by atomic mass is 9.41. The molecular formula is C45H60N8O6P+. The molecule has 8 rings (SSSR count). The number of imidazole rings is 1. The summed E-state index contributed by atoms with van der Waals surface area (Å²) in [5.41, 5.74) is 4.74. The number of carbonyl (C=O) groups excluding carboxylic acids is 4. The Hall–Kier alpha value is -5.23. The molecule has 5 fully saturated rings. The summed E-state index contributed by atoms with van der Waals surface area (Å²) in [6.07, 6.45) is 9.10. The second-order valence-corrected chi connectivity index (χ2v) is 19.9. The average Bonchev–Trinajstić information content (AvgIpc) is 4.01. The first-order valence-corrected chi connectivity index (χ1v) is 22.7. The minimum absolute atomic E-state index is 0.0905. The van der Waals surface area contributed by atoms with Crippen molar-refractivity contribution in [2.45, 2.75) is 114 Å². The van der Waals surface area contributed by atoms with Crippen LogP contribution < -0.4 is 16.0 Å². The molecule has 320 valence electrons. The fraction of sp³-hybridized carbons (Fsp3) is 0.533. The highest BCUT2D eigenvalue weighted by Crippen LogP contribution is 2.80. The zero-order chi connectivity index (χ0) is 42.8. The summed E-state index contributed by atoms with van der Waals surface area (Å²) >= 11 is 0. The molecule has 3 saturated carbocycles. The number of nitrogens with zero attached hydrogens (tertiary/aromatic N) is 4. The lowest BCUT2D eigenvalue weighted by Crippen LogP contribution is -2.64. The number of aromatic amines is 1. The molecule has 4 amide bonds. The Labute approximate surface area is 354 Å². The molecule has 4 heterocycles. The van der Waals surface area contributed by atoms with Crippen molar-refractivity contribution in [3.05, 3.63) is 83.9 Å². The van der Waals surface area contributed by atoms with Crippen LogP contribution in [0.15, 0.2) is 72.0 Å². The largest absolute Gasteiger partial charge is 0.453 e. The second-order valence-electron chi connectivity index (χ2n) is 17.6. The predicted molar refractivity (Wildman–Crippen MR) is 232 cm³/mol. The Kier molecular flexibility index (Phi) is 12.7. The van der Waals surface area contributed by atoms with Crippen molar-refractivity contribution in [3.8, 4) is 11.3 Å². The van der Waals surface area contributed by atoms with Gasteiger partial charge in [-0.1, -0.05) is 58.5 Å². The molecule has 4 atom stereocenters. The van der Waals surface area contributed by atoms with Gasteiger partial charge in [-0.05, 0) is 72.5 Å². The number of alkyl carbamates (subject to hydrolysis) is 2. The smallest absolute Gasteiger partial charge is 0.407 e. The third-order valence-electron chi connectivity index (χ3n) is 13.0. The number of amidine groups is 1. The normalized spacial score (nSPS) is 24.3. The maximum absolute atomic E-state index is 13.6. The summed E-state index contributed by atoms with van der Waals surface area (Å²) in [6.45, 7) is 13.2. The lowest BCUT2D eigenvalue weighted by molar-refractivity contribution is -0.135. The van der Waals surface area contributed by atoms with E-state index in [1.165, 1.54) is 39.0 Å². The van der Waals surface area contributed by atoms with Crippen molar-refractivity contribution in [3.63, 3.8) is 0 Å². The lowest BCUT2D eigenvalue weighted by Gasteiger charge is -2.66. The predicted octanol–water partition coefficient (Wildman–Crippen LogP) is 7.22. The summed E-state index contributed by atoms with van der Waals surface area (Å²) < 4.78 is 9.55. The van der Waals surface area contributed by atoms with Gasteiger partial charge in [-0.2, -0.15) is 0 Å². The van der Waals surface area contributed by atoms with Gasteiger partial charge in [0.05, 0.1) is 44.7 Å². The van der Waals surface area contributed by atoms with E-state index >= 15 is 0 Å². The van der Waals surface area contributed by atoms with Gasteiger partial charge in [0, 0.05) is 37.8 Å². The standard InChI is InChI=1S/C45H59N8O6P/c1-8-46-38(34-11-9-19-52(34)40(54)36(28(2)3)50-42(56)58-6)47-23-30-17-21-60(22-18-30)45-25-44(26-45,27-45)32-15-13-31(14-16-32)33-24-48-39(49-33)35-12-10-20-53(35)41(55)37(29(4)5)51-43(57)59-7/h8,13-18,21-22,24,28-29,34-37H,1,9-12,19-20,23,25-27H2,2-7H3,(H3-,46,47,48,49,50,51,56,57)/p+1. The zero-order valence-electron chi connectivity index (χ0n) is 35.7. The number of amides is 4. The van der Waals surface area contributed by atoms with E-state index in [1.807, 2.05) is 43.7 Å². The quantitative estimate of drug-likeness (QED) is 0.0974. The highest BCUT2D eigenvalue weighted by molar-refractivity contribution is 7.49. The monoisotopic (exact) mass is 839 g/mol. The Morgan fingerprint density at radius 3 is 2.07 bits per heavy atom. The van der Waals surface area contributed by atoms with Gasteiger partial charge in [0.15, 0.2) is 0 Å². The van der Waals surface area contributed by atoms with Gasteiger partial charge >= 0.3 is 12.2 Å². The first kappa shape index (κ1) is 42.9. The molecule has 2 bridgehead atoms. The molecule has 2 aliphatic heterocycles. The molecule has 3 aliphatic carbocycles. The second kappa shape index (κ2) is 17.8. The van der Waals surface area contributed by atoms with E-state index < -0.39 is 24.3 Å². The van der Waals surface area contributed by atoms with Gasteiger partial charge in [-0.25, -0.2) is 14.6 Å². The highest BCUT2D eigenvalue weighted by Gasteiger charge is 2.74. The maximum Gasteiger partial charge on any atom is 0.407 e. The van der Waals surface area contributed by atoms with Crippen LogP contribution in [0, 0.1) is 11.8 Å². The molecule has 14 nitrogen and oxygen atoms in total. The SMILES string of the molecule is C=CNC(=NCc1cc[p+](C23CC(c4ccc(-c5cnc(C6CCCN6C(=O)C(NC(=O)OC)C(C)C)[nH]5)cc4)(C2)C3)cc1)C1CCCN1C(=O)C(NC(=O)OC)C(C)C. The molecule has 3 aromatic rings. The van der Waals surface area contributed by atoms with E-state index in [4.69, 9.17) is 19.5 Å². The summed E-state index contributed by atoms with van der Waals surface area (Å²) in [5.74, 6) is 5.82. The number of hydrogen-bond donors (Lipinski definition) is 4. The number of rotatable bonds is 14. The third kappa shape index (κ3) is 8.40. The molecule has 4 N–H and O–H groups in total. The zero-order valence-corrected chi connectivity index (χ0v) is 36.6. The van der Waals surface area contributed by atoms with Crippen LogP contribution in [0.5, 0.6) is 0 Å². The van der Waals surface area contributed by atoms with Crippen molar-refractivity contribution < 1.29 is 28.7 Å². The molecule has 60 heavy (non-hydrogen) atoms. The molecule has 0 spiro atoms.